The zero-order valence-corrected chi connectivity index (χ0v) is 13.9. The van der Waals surface area contributed by atoms with Gasteiger partial charge >= 0.3 is 0 Å². The number of nitrogens with one attached hydrogen (secondary N) is 1. The largest absolute Gasteiger partial charge is 0.493 e. The number of rotatable bonds is 5. The highest BCUT2D eigenvalue weighted by molar-refractivity contribution is 5.95. The summed E-state index contributed by atoms with van der Waals surface area (Å²) in [5.74, 6) is 0.893. The predicted molar refractivity (Wildman–Crippen MR) is 86.5 cm³/mol. The third-order valence-corrected chi connectivity index (χ3v) is 3.58. The number of morpholine rings is 1. The van der Waals surface area contributed by atoms with Crippen molar-refractivity contribution in [3.05, 3.63) is 29.8 Å². The van der Waals surface area contributed by atoms with Crippen molar-refractivity contribution in [3.8, 4) is 5.75 Å². The van der Waals surface area contributed by atoms with Gasteiger partial charge in [-0.05, 0) is 30.2 Å². The molecule has 0 radical (unpaired) electrons. The first-order chi connectivity index (χ1) is 11.0. The summed E-state index contributed by atoms with van der Waals surface area (Å²) in [7, 11) is 1.56. The SMILES string of the molecule is CNC(=O)C1CN(C(=O)c2ccc(OCC(C)C)cc2)CCO1. The molecule has 23 heavy (non-hydrogen) atoms. The summed E-state index contributed by atoms with van der Waals surface area (Å²) in [4.78, 5) is 25.8. The van der Waals surface area contributed by atoms with Crippen molar-refractivity contribution < 1.29 is 19.1 Å². The summed E-state index contributed by atoms with van der Waals surface area (Å²) in [5.41, 5.74) is 0.583. The molecule has 126 valence electrons. The summed E-state index contributed by atoms with van der Waals surface area (Å²) in [5, 5.41) is 2.55. The number of ether oxygens (including phenoxy) is 2. The molecule has 2 amide bonds. The molecular weight excluding hydrogens is 296 g/mol. The zero-order chi connectivity index (χ0) is 16.8. The fourth-order valence-electron chi connectivity index (χ4n) is 2.29. The molecular formula is C17H24N2O4. The first-order valence-electron chi connectivity index (χ1n) is 7.86. The van der Waals surface area contributed by atoms with Crippen LogP contribution < -0.4 is 10.1 Å². The van der Waals surface area contributed by atoms with Gasteiger partial charge < -0.3 is 19.7 Å². The maximum absolute atomic E-state index is 12.5. The van der Waals surface area contributed by atoms with Gasteiger partial charge in [0, 0.05) is 19.2 Å². The third-order valence-electron chi connectivity index (χ3n) is 3.58. The number of benzene rings is 1. The molecule has 1 fully saturated rings. The normalized spacial score (nSPS) is 17.9. The second kappa shape index (κ2) is 7.97. The molecule has 1 saturated heterocycles. The molecule has 1 aliphatic heterocycles. The van der Waals surface area contributed by atoms with Crippen molar-refractivity contribution in [1.29, 1.82) is 0 Å². The van der Waals surface area contributed by atoms with E-state index < -0.39 is 6.10 Å². The Morgan fingerprint density at radius 3 is 2.65 bits per heavy atom. The van der Waals surface area contributed by atoms with Crippen molar-refractivity contribution in [2.45, 2.75) is 20.0 Å². The number of likely N-dealkylation sites (N-methyl/N-ethyl adjacent to an activating group) is 1. The topological polar surface area (TPSA) is 67.9 Å². The van der Waals surface area contributed by atoms with Crippen LogP contribution in [0.1, 0.15) is 24.2 Å². The minimum atomic E-state index is -0.605. The van der Waals surface area contributed by atoms with E-state index >= 15 is 0 Å². The van der Waals surface area contributed by atoms with Crippen LogP contribution in [0.3, 0.4) is 0 Å². The van der Waals surface area contributed by atoms with Crippen LogP contribution in [0.25, 0.3) is 0 Å². The molecule has 0 aliphatic carbocycles. The summed E-state index contributed by atoms with van der Waals surface area (Å²) >= 11 is 0. The second-order valence-corrected chi connectivity index (χ2v) is 5.95. The average Bonchev–Trinajstić information content (AvgIpc) is 2.59. The Hall–Kier alpha value is -2.08. The van der Waals surface area contributed by atoms with Gasteiger partial charge in [-0.15, -0.1) is 0 Å². The van der Waals surface area contributed by atoms with Crippen LogP contribution in [0.4, 0.5) is 0 Å². The van der Waals surface area contributed by atoms with E-state index in [2.05, 4.69) is 19.2 Å². The molecule has 0 saturated carbocycles. The van der Waals surface area contributed by atoms with Gasteiger partial charge in [0.1, 0.15) is 5.75 Å². The minimum absolute atomic E-state index is 0.0994. The summed E-state index contributed by atoms with van der Waals surface area (Å²) in [6, 6.07) is 7.10. The maximum Gasteiger partial charge on any atom is 0.254 e. The van der Waals surface area contributed by atoms with Crippen LogP contribution >= 0.6 is 0 Å². The molecule has 2 rings (SSSR count). The first kappa shape index (κ1) is 17.3. The lowest BCUT2D eigenvalue weighted by atomic mass is 10.1. The summed E-state index contributed by atoms with van der Waals surface area (Å²) in [6.07, 6.45) is -0.605. The molecule has 1 unspecified atom stereocenters. The lowest BCUT2D eigenvalue weighted by Crippen LogP contribution is -2.51. The predicted octanol–water partition coefficient (Wildman–Crippen LogP) is 1.31. The number of carbonyl (C=O) groups excluding carboxylic acids is 2. The van der Waals surface area contributed by atoms with Crippen LogP contribution in [-0.4, -0.2) is 56.2 Å². The molecule has 1 aromatic rings. The van der Waals surface area contributed by atoms with Crippen LogP contribution in [0.15, 0.2) is 24.3 Å². The van der Waals surface area contributed by atoms with Crippen LogP contribution in [0, 0.1) is 5.92 Å². The van der Waals surface area contributed by atoms with Gasteiger partial charge in [0.2, 0.25) is 0 Å². The molecule has 0 spiro atoms. The van der Waals surface area contributed by atoms with Crippen LogP contribution in [-0.2, 0) is 9.53 Å². The average molecular weight is 320 g/mol. The van der Waals surface area contributed by atoms with Gasteiger partial charge in [0.05, 0.1) is 19.8 Å². The van der Waals surface area contributed by atoms with Crippen LogP contribution in [0.2, 0.25) is 0 Å². The third kappa shape index (κ3) is 4.69. The fraction of sp³-hybridized carbons (Fsp3) is 0.529. The summed E-state index contributed by atoms with van der Waals surface area (Å²) < 4.78 is 11.0. The van der Waals surface area contributed by atoms with E-state index in [-0.39, 0.29) is 18.4 Å². The van der Waals surface area contributed by atoms with E-state index in [0.717, 1.165) is 5.75 Å². The first-order valence-corrected chi connectivity index (χ1v) is 7.86. The second-order valence-electron chi connectivity index (χ2n) is 5.95. The van der Waals surface area contributed by atoms with Crippen molar-refractivity contribution in [3.63, 3.8) is 0 Å². The van der Waals surface area contributed by atoms with E-state index in [4.69, 9.17) is 9.47 Å². The Morgan fingerprint density at radius 2 is 2.04 bits per heavy atom. The van der Waals surface area contributed by atoms with Gasteiger partial charge in [0.25, 0.3) is 11.8 Å². The molecule has 6 nitrogen and oxygen atoms in total. The Balaban J connectivity index is 1.98. The number of amides is 2. The van der Waals surface area contributed by atoms with Gasteiger partial charge in [-0.2, -0.15) is 0 Å². The van der Waals surface area contributed by atoms with E-state index in [1.807, 2.05) is 0 Å². The number of hydrogen-bond donors (Lipinski definition) is 1. The monoisotopic (exact) mass is 320 g/mol. The molecule has 1 aromatic carbocycles. The Labute approximate surface area is 136 Å². The molecule has 1 aliphatic rings. The van der Waals surface area contributed by atoms with Crippen LogP contribution in [0.5, 0.6) is 5.75 Å². The number of hydrogen-bond acceptors (Lipinski definition) is 4. The Bertz CT molecular complexity index is 542. The van der Waals surface area contributed by atoms with Gasteiger partial charge in [-0.3, -0.25) is 9.59 Å². The van der Waals surface area contributed by atoms with E-state index in [1.165, 1.54) is 0 Å². The molecule has 6 heteroatoms. The highest BCUT2D eigenvalue weighted by Crippen LogP contribution is 2.16. The van der Waals surface area contributed by atoms with E-state index in [1.54, 1.807) is 36.2 Å². The lowest BCUT2D eigenvalue weighted by molar-refractivity contribution is -0.136. The van der Waals surface area contributed by atoms with E-state index in [0.29, 0.717) is 31.2 Å². The quantitative estimate of drug-likeness (QED) is 0.888. The maximum atomic E-state index is 12.5. The van der Waals surface area contributed by atoms with Gasteiger partial charge in [-0.25, -0.2) is 0 Å². The lowest BCUT2D eigenvalue weighted by Gasteiger charge is -2.32. The molecule has 1 atom stereocenters. The standard InChI is InChI=1S/C17H24N2O4/c1-12(2)11-23-14-6-4-13(5-7-14)17(21)19-8-9-22-15(10-19)16(20)18-3/h4-7,12,15H,8-11H2,1-3H3,(H,18,20). The van der Waals surface area contributed by atoms with Crippen molar-refractivity contribution in [2.75, 3.05) is 33.4 Å². The minimum Gasteiger partial charge on any atom is -0.493 e. The van der Waals surface area contributed by atoms with Crippen molar-refractivity contribution in [2.24, 2.45) is 5.92 Å². The van der Waals surface area contributed by atoms with Crippen molar-refractivity contribution >= 4 is 11.8 Å². The van der Waals surface area contributed by atoms with E-state index in [9.17, 15) is 9.59 Å². The van der Waals surface area contributed by atoms with Crippen molar-refractivity contribution in [1.82, 2.24) is 10.2 Å². The molecule has 0 aromatic heterocycles. The summed E-state index contributed by atoms with van der Waals surface area (Å²) in [6.45, 7) is 5.92. The molecule has 1 N–H and O–H groups in total. The van der Waals surface area contributed by atoms with Gasteiger partial charge in [-0.1, -0.05) is 13.8 Å². The zero-order valence-electron chi connectivity index (χ0n) is 13.9. The Morgan fingerprint density at radius 1 is 1.35 bits per heavy atom. The fourth-order valence-corrected chi connectivity index (χ4v) is 2.29. The van der Waals surface area contributed by atoms with Gasteiger partial charge in [0.15, 0.2) is 6.10 Å². The highest BCUT2D eigenvalue weighted by Gasteiger charge is 2.29. The number of nitrogens with zero attached hydrogens (tertiary/aromatic N) is 1. The smallest absolute Gasteiger partial charge is 0.254 e. The highest BCUT2D eigenvalue weighted by atomic mass is 16.5. The molecule has 0 bridgehead atoms. The number of carbonyl (C=O) groups is 2. The molecule has 1 heterocycles. The Kier molecular flexibility index (Phi) is 5.98.